The van der Waals surface area contributed by atoms with E-state index in [1.54, 1.807) is 19.1 Å². The minimum atomic E-state index is -1.48. The molecule has 0 saturated carbocycles. The summed E-state index contributed by atoms with van der Waals surface area (Å²) in [5.41, 5.74) is 0.684. The topological polar surface area (TPSA) is 147 Å². The van der Waals surface area contributed by atoms with E-state index in [9.17, 15) is 20.0 Å². The van der Waals surface area contributed by atoms with E-state index in [4.69, 9.17) is 13.9 Å². The lowest BCUT2D eigenvalue weighted by Crippen LogP contribution is -2.49. The fourth-order valence-corrected chi connectivity index (χ4v) is 5.34. The van der Waals surface area contributed by atoms with Crippen LogP contribution in [0.5, 0.6) is 0 Å². The molecule has 0 bridgehead atoms. The molecule has 3 N–H and O–H groups in total. The third-order valence-corrected chi connectivity index (χ3v) is 7.60. The molecule has 1 aliphatic heterocycles. The standard InChI is InChI=1S/C27H30N4O6S/c1-16-21(23(32)31-27(2,3)26(33)34)25(38-22(16)24-29-10-13-36-24)30-15-20(37-18-8-11-35-12-9-18)19-7-5-4-6-17(19)14-28/h4-7,10,13,18,20,30H,8-9,11-12,15H2,1-3H3,(H,31,32)(H,33,34)/t20-/m0/s1. The van der Waals surface area contributed by atoms with Crippen LogP contribution in [0.2, 0.25) is 0 Å². The molecule has 2 aromatic heterocycles. The number of hydrogen-bond acceptors (Lipinski definition) is 9. The molecule has 200 valence electrons. The Labute approximate surface area is 224 Å². The Hall–Kier alpha value is -3.72. The van der Waals surface area contributed by atoms with Gasteiger partial charge in [-0.25, -0.2) is 9.78 Å². The zero-order valence-corrected chi connectivity index (χ0v) is 22.3. The van der Waals surface area contributed by atoms with Crippen molar-refractivity contribution in [3.63, 3.8) is 0 Å². The summed E-state index contributed by atoms with van der Waals surface area (Å²) in [6.45, 7) is 6.10. The highest BCUT2D eigenvalue weighted by Crippen LogP contribution is 2.40. The number of ether oxygens (including phenoxy) is 2. The fourth-order valence-electron chi connectivity index (χ4n) is 4.19. The number of carboxylic acid groups (broad SMARTS) is 1. The monoisotopic (exact) mass is 538 g/mol. The Kier molecular flexibility index (Phi) is 8.46. The maximum absolute atomic E-state index is 13.4. The summed E-state index contributed by atoms with van der Waals surface area (Å²) in [7, 11) is 0. The Balaban J connectivity index is 1.67. The van der Waals surface area contributed by atoms with Crippen molar-refractivity contribution in [2.75, 3.05) is 25.1 Å². The second-order valence-electron chi connectivity index (χ2n) is 9.50. The predicted octanol–water partition coefficient (Wildman–Crippen LogP) is 4.53. The Morgan fingerprint density at radius 2 is 2.05 bits per heavy atom. The molecule has 11 heteroatoms. The number of amides is 1. The van der Waals surface area contributed by atoms with E-state index in [-0.39, 0.29) is 12.6 Å². The molecule has 0 unspecified atom stereocenters. The zero-order valence-electron chi connectivity index (χ0n) is 21.4. The molecule has 0 radical (unpaired) electrons. The molecule has 1 aliphatic rings. The van der Waals surface area contributed by atoms with Crippen molar-refractivity contribution in [3.8, 4) is 16.8 Å². The Morgan fingerprint density at radius 1 is 1.32 bits per heavy atom. The highest BCUT2D eigenvalue weighted by molar-refractivity contribution is 7.20. The van der Waals surface area contributed by atoms with Crippen LogP contribution >= 0.6 is 11.3 Å². The summed E-state index contributed by atoms with van der Waals surface area (Å²) in [4.78, 5) is 29.9. The molecule has 1 amide bonds. The molecule has 0 spiro atoms. The van der Waals surface area contributed by atoms with Crippen molar-refractivity contribution in [2.24, 2.45) is 0 Å². The van der Waals surface area contributed by atoms with Crippen LogP contribution in [0.4, 0.5) is 5.00 Å². The van der Waals surface area contributed by atoms with Crippen LogP contribution in [0.3, 0.4) is 0 Å². The van der Waals surface area contributed by atoms with Crippen molar-refractivity contribution >= 4 is 28.2 Å². The second-order valence-corrected chi connectivity index (χ2v) is 10.5. The van der Waals surface area contributed by atoms with E-state index >= 15 is 0 Å². The maximum Gasteiger partial charge on any atom is 0.328 e. The molecular formula is C27H30N4O6S. The van der Waals surface area contributed by atoms with Crippen molar-refractivity contribution < 1.29 is 28.6 Å². The lowest BCUT2D eigenvalue weighted by Gasteiger charge is -2.29. The molecule has 38 heavy (non-hydrogen) atoms. The highest BCUT2D eigenvalue weighted by Gasteiger charge is 2.33. The van der Waals surface area contributed by atoms with Crippen LogP contribution in [-0.2, 0) is 14.3 Å². The summed E-state index contributed by atoms with van der Waals surface area (Å²) in [5, 5.41) is 25.7. The SMILES string of the molecule is Cc1c(-c2ncco2)sc(NC[C@H](OC2CCOCC2)c2ccccc2C#N)c1C(=O)NC(C)(C)C(=O)O. The van der Waals surface area contributed by atoms with E-state index in [1.165, 1.54) is 37.6 Å². The number of oxazole rings is 1. The molecule has 0 aliphatic carbocycles. The van der Waals surface area contributed by atoms with Gasteiger partial charge in [0.1, 0.15) is 22.9 Å². The number of nitrogens with one attached hydrogen (secondary N) is 2. The van der Waals surface area contributed by atoms with Gasteiger partial charge in [-0.2, -0.15) is 5.26 Å². The number of carbonyl (C=O) groups is 2. The third-order valence-electron chi connectivity index (χ3n) is 6.36. The van der Waals surface area contributed by atoms with Crippen LogP contribution in [0.1, 0.15) is 59.8 Å². The van der Waals surface area contributed by atoms with E-state index < -0.39 is 23.5 Å². The molecule has 1 atom stereocenters. The number of carboxylic acids is 1. The summed E-state index contributed by atoms with van der Waals surface area (Å²) in [5.74, 6) is -1.33. The molecule has 4 rings (SSSR count). The lowest BCUT2D eigenvalue weighted by atomic mass is 10.0. The van der Waals surface area contributed by atoms with Gasteiger partial charge in [0.2, 0.25) is 5.89 Å². The predicted molar refractivity (Wildman–Crippen MR) is 141 cm³/mol. The van der Waals surface area contributed by atoms with Crippen LogP contribution < -0.4 is 10.6 Å². The van der Waals surface area contributed by atoms with Gasteiger partial charge in [0.05, 0.1) is 34.4 Å². The van der Waals surface area contributed by atoms with Crippen molar-refractivity contribution in [1.29, 1.82) is 5.26 Å². The molecule has 10 nitrogen and oxygen atoms in total. The minimum absolute atomic E-state index is 0.0330. The van der Waals surface area contributed by atoms with Gasteiger partial charge in [0, 0.05) is 25.3 Å². The Bertz CT molecular complexity index is 1320. The van der Waals surface area contributed by atoms with Gasteiger partial charge >= 0.3 is 5.97 Å². The molecule has 1 saturated heterocycles. The first-order valence-corrected chi connectivity index (χ1v) is 13.1. The summed E-state index contributed by atoms with van der Waals surface area (Å²) >= 11 is 1.28. The average Bonchev–Trinajstić information content (AvgIpc) is 3.54. The minimum Gasteiger partial charge on any atom is -0.480 e. The highest BCUT2D eigenvalue weighted by atomic mass is 32.1. The first-order valence-electron chi connectivity index (χ1n) is 12.3. The van der Waals surface area contributed by atoms with Crippen LogP contribution in [0, 0.1) is 18.3 Å². The zero-order chi connectivity index (χ0) is 27.3. The largest absolute Gasteiger partial charge is 0.480 e. The number of aliphatic carboxylic acids is 1. The van der Waals surface area contributed by atoms with Crippen LogP contribution in [0.15, 0.2) is 41.1 Å². The quantitative estimate of drug-likeness (QED) is 0.339. The van der Waals surface area contributed by atoms with E-state index in [1.807, 2.05) is 12.1 Å². The van der Waals surface area contributed by atoms with Crippen LogP contribution in [-0.4, -0.2) is 53.4 Å². The number of hydrogen-bond donors (Lipinski definition) is 3. The molecule has 1 fully saturated rings. The molecular weight excluding hydrogens is 508 g/mol. The molecule has 3 heterocycles. The summed E-state index contributed by atoms with van der Waals surface area (Å²) in [6.07, 6.45) is 3.95. The number of rotatable bonds is 10. The first-order chi connectivity index (χ1) is 18.2. The Morgan fingerprint density at radius 3 is 2.71 bits per heavy atom. The number of nitriles is 1. The number of carbonyl (C=O) groups excluding carboxylic acids is 1. The lowest BCUT2D eigenvalue weighted by molar-refractivity contribution is -0.143. The van der Waals surface area contributed by atoms with Gasteiger partial charge in [0.25, 0.3) is 5.91 Å². The number of nitrogens with zero attached hydrogens (tertiary/aromatic N) is 2. The van der Waals surface area contributed by atoms with Crippen molar-refractivity contribution in [3.05, 3.63) is 59.0 Å². The number of benzene rings is 1. The van der Waals surface area contributed by atoms with E-state index in [0.29, 0.717) is 45.7 Å². The van der Waals surface area contributed by atoms with Gasteiger partial charge in [-0.15, -0.1) is 11.3 Å². The fraction of sp³-hybridized carbons (Fsp3) is 0.407. The van der Waals surface area contributed by atoms with Crippen LogP contribution in [0.25, 0.3) is 10.8 Å². The van der Waals surface area contributed by atoms with Gasteiger partial charge in [-0.05, 0) is 45.2 Å². The number of thiophene rings is 1. The van der Waals surface area contributed by atoms with Crippen molar-refractivity contribution in [2.45, 2.75) is 51.4 Å². The van der Waals surface area contributed by atoms with E-state index in [2.05, 4.69) is 21.7 Å². The molecule has 3 aromatic rings. The maximum atomic E-state index is 13.4. The van der Waals surface area contributed by atoms with Gasteiger partial charge in [-0.3, -0.25) is 4.79 Å². The first kappa shape index (κ1) is 27.3. The van der Waals surface area contributed by atoms with E-state index in [0.717, 1.165) is 18.4 Å². The van der Waals surface area contributed by atoms with Gasteiger partial charge in [-0.1, -0.05) is 18.2 Å². The smallest absolute Gasteiger partial charge is 0.328 e. The second kappa shape index (κ2) is 11.8. The summed E-state index contributed by atoms with van der Waals surface area (Å²) in [6, 6.07) is 9.52. The van der Waals surface area contributed by atoms with Gasteiger partial charge in [0.15, 0.2) is 0 Å². The molecule has 1 aromatic carbocycles. The average molecular weight is 539 g/mol. The number of aromatic nitrogens is 1. The summed E-state index contributed by atoms with van der Waals surface area (Å²) < 4.78 is 17.4. The number of anilines is 1. The van der Waals surface area contributed by atoms with Crippen molar-refractivity contribution in [1.82, 2.24) is 10.3 Å². The third kappa shape index (κ3) is 6.05. The normalized spacial score (nSPS) is 15.0. The van der Waals surface area contributed by atoms with Gasteiger partial charge < -0.3 is 29.6 Å².